The summed E-state index contributed by atoms with van der Waals surface area (Å²) >= 11 is 0. The van der Waals surface area contributed by atoms with Gasteiger partial charge in [0.25, 0.3) is 0 Å². The van der Waals surface area contributed by atoms with Crippen molar-refractivity contribution in [2.45, 2.75) is 25.7 Å². The van der Waals surface area contributed by atoms with E-state index >= 15 is 0 Å². The van der Waals surface area contributed by atoms with Crippen LogP contribution in [0.15, 0.2) is 66.9 Å². The summed E-state index contributed by atoms with van der Waals surface area (Å²) in [6.07, 6.45) is 6.89. The van der Waals surface area contributed by atoms with Gasteiger partial charge in [0.15, 0.2) is 0 Å². The molecule has 116 valence electrons. The average Bonchev–Trinajstić information content (AvgIpc) is 2.67. The summed E-state index contributed by atoms with van der Waals surface area (Å²) in [4.78, 5) is 4.65. The molecular weight excluding hydrogens is 290 g/mol. The smallest absolute Gasteiger partial charge is 0.0708 e. The normalized spacial score (nSPS) is 14.0. The number of benzene rings is 3. The third-order valence-electron chi connectivity index (χ3n) is 5.29. The Hall–Kier alpha value is -2.67. The molecule has 1 heteroatoms. The standard InChI is InChI=1S/C23H19N/c1-4-10-19-16(7-1)12-13-20-18-9-3-2-8-17(18)15-21(23(19)20)22-11-5-6-14-24-22/h2-3,5-6,8-9,11-15H,1,4,7,10H2. The fourth-order valence-corrected chi connectivity index (χ4v) is 4.18. The van der Waals surface area contributed by atoms with E-state index in [1.165, 1.54) is 58.4 Å². The number of hydrogen-bond acceptors (Lipinski definition) is 1. The largest absolute Gasteiger partial charge is 0.256 e. The quantitative estimate of drug-likeness (QED) is 0.397. The number of hydrogen-bond donors (Lipinski definition) is 0. The Bertz CT molecular complexity index is 1050. The molecule has 1 aliphatic carbocycles. The first-order valence-electron chi connectivity index (χ1n) is 8.79. The minimum Gasteiger partial charge on any atom is -0.256 e. The molecule has 1 heterocycles. The average molecular weight is 309 g/mol. The zero-order chi connectivity index (χ0) is 15.9. The van der Waals surface area contributed by atoms with E-state index in [9.17, 15) is 0 Å². The molecule has 0 bridgehead atoms. The molecule has 1 aliphatic rings. The van der Waals surface area contributed by atoms with Gasteiger partial charge in [-0.3, -0.25) is 4.98 Å². The number of pyridine rings is 1. The topological polar surface area (TPSA) is 12.9 Å². The monoisotopic (exact) mass is 309 g/mol. The SMILES string of the molecule is c1ccc(-c2cc3ccccc3c3ccc4c(c23)CCCC4)nc1. The third kappa shape index (κ3) is 2.05. The second-order valence-corrected chi connectivity index (χ2v) is 6.69. The van der Waals surface area contributed by atoms with E-state index in [4.69, 9.17) is 0 Å². The van der Waals surface area contributed by atoms with Crippen LogP contribution in [0.3, 0.4) is 0 Å². The highest BCUT2D eigenvalue weighted by Gasteiger charge is 2.17. The molecule has 1 aromatic heterocycles. The molecule has 0 radical (unpaired) electrons. The van der Waals surface area contributed by atoms with Crippen molar-refractivity contribution in [3.05, 3.63) is 78.0 Å². The van der Waals surface area contributed by atoms with E-state index in [2.05, 4.69) is 59.6 Å². The van der Waals surface area contributed by atoms with Crippen LogP contribution in [0, 0.1) is 0 Å². The summed E-state index contributed by atoms with van der Waals surface area (Å²) in [5.41, 5.74) is 5.43. The van der Waals surface area contributed by atoms with E-state index in [0.717, 1.165) is 5.69 Å². The maximum atomic E-state index is 4.65. The van der Waals surface area contributed by atoms with Crippen molar-refractivity contribution in [3.8, 4) is 11.3 Å². The van der Waals surface area contributed by atoms with Crippen molar-refractivity contribution in [3.63, 3.8) is 0 Å². The van der Waals surface area contributed by atoms with Gasteiger partial charge in [-0.25, -0.2) is 0 Å². The van der Waals surface area contributed by atoms with Crippen LogP contribution < -0.4 is 0 Å². The van der Waals surface area contributed by atoms with Gasteiger partial charge in [0.05, 0.1) is 5.69 Å². The van der Waals surface area contributed by atoms with Gasteiger partial charge in [-0.05, 0) is 76.6 Å². The second kappa shape index (κ2) is 5.45. The molecule has 0 N–H and O–H groups in total. The number of nitrogens with zero attached hydrogens (tertiary/aromatic N) is 1. The van der Waals surface area contributed by atoms with Crippen molar-refractivity contribution in [1.29, 1.82) is 0 Å². The molecule has 3 aromatic carbocycles. The number of fused-ring (bicyclic) bond motifs is 5. The molecule has 1 nitrogen and oxygen atoms in total. The first kappa shape index (κ1) is 13.7. The highest BCUT2D eigenvalue weighted by atomic mass is 14.7. The van der Waals surface area contributed by atoms with Crippen LogP contribution >= 0.6 is 0 Å². The first-order valence-corrected chi connectivity index (χ1v) is 8.79. The van der Waals surface area contributed by atoms with E-state index in [1.807, 2.05) is 12.3 Å². The van der Waals surface area contributed by atoms with Gasteiger partial charge >= 0.3 is 0 Å². The minimum absolute atomic E-state index is 1.08. The maximum Gasteiger partial charge on any atom is 0.0708 e. The predicted molar refractivity (Wildman–Crippen MR) is 101 cm³/mol. The van der Waals surface area contributed by atoms with Gasteiger partial charge in [-0.15, -0.1) is 0 Å². The minimum atomic E-state index is 1.08. The van der Waals surface area contributed by atoms with Crippen LogP contribution in [0.4, 0.5) is 0 Å². The zero-order valence-corrected chi connectivity index (χ0v) is 13.6. The van der Waals surface area contributed by atoms with Crippen LogP contribution in [0.5, 0.6) is 0 Å². The van der Waals surface area contributed by atoms with Crippen LogP contribution in [0.1, 0.15) is 24.0 Å². The molecule has 0 aliphatic heterocycles. The summed E-state index contributed by atoms with van der Waals surface area (Å²) in [6, 6.07) is 21.9. The Labute approximate surface area is 142 Å². The lowest BCUT2D eigenvalue weighted by Gasteiger charge is -2.21. The molecule has 24 heavy (non-hydrogen) atoms. The Morgan fingerprint density at radius 1 is 0.750 bits per heavy atom. The molecule has 5 rings (SSSR count). The summed E-state index contributed by atoms with van der Waals surface area (Å²) in [5.74, 6) is 0. The summed E-state index contributed by atoms with van der Waals surface area (Å²) < 4.78 is 0. The fourth-order valence-electron chi connectivity index (χ4n) is 4.18. The van der Waals surface area contributed by atoms with Crippen molar-refractivity contribution in [1.82, 2.24) is 4.98 Å². The molecule has 0 atom stereocenters. The molecule has 4 aromatic rings. The third-order valence-corrected chi connectivity index (χ3v) is 5.29. The second-order valence-electron chi connectivity index (χ2n) is 6.69. The van der Waals surface area contributed by atoms with Gasteiger partial charge in [0.1, 0.15) is 0 Å². The van der Waals surface area contributed by atoms with Gasteiger partial charge in [0, 0.05) is 11.8 Å². The lowest BCUT2D eigenvalue weighted by molar-refractivity contribution is 0.690. The lowest BCUT2D eigenvalue weighted by Crippen LogP contribution is -2.04. The Morgan fingerprint density at radius 2 is 1.62 bits per heavy atom. The Kier molecular flexibility index (Phi) is 3.12. The lowest BCUT2D eigenvalue weighted by atomic mass is 9.84. The number of aryl methyl sites for hydroxylation is 2. The molecular formula is C23H19N. The van der Waals surface area contributed by atoms with Crippen molar-refractivity contribution < 1.29 is 0 Å². The Balaban J connectivity index is 1.98. The first-order chi connectivity index (χ1) is 11.9. The number of rotatable bonds is 1. The zero-order valence-electron chi connectivity index (χ0n) is 13.6. The van der Waals surface area contributed by atoms with E-state index in [1.54, 1.807) is 5.56 Å². The molecule has 0 fully saturated rings. The number of aromatic nitrogens is 1. The van der Waals surface area contributed by atoms with Crippen LogP contribution in [0.25, 0.3) is 32.8 Å². The maximum absolute atomic E-state index is 4.65. The van der Waals surface area contributed by atoms with Crippen LogP contribution in [-0.4, -0.2) is 4.98 Å². The Morgan fingerprint density at radius 3 is 2.54 bits per heavy atom. The van der Waals surface area contributed by atoms with Crippen LogP contribution in [-0.2, 0) is 12.8 Å². The summed E-state index contributed by atoms with van der Waals surface area (Å²) in [7, 11) is 0. The molecule has 0 saturated carbocycles. The van der Waals surface area contributed by atoms with E-state index in [-0.39, 0.29) is 0 Å². The van der Waals surface area contributed by atoms with Gasteiger partial charge in [0.2, 0.25) is 0 Å². The predicted octanol–water partition coefficient (Wildman–Crippen LogP) is 5.93. The fraction of sp³-hybridized carbons (Fsp3) is 0.174. The molecule has 0 amide bonds. The molecule has 0 spiro atoms. The van der Waals surface area contributed by atoms with Crippen molar-refractivity contribution in [2.24, 2.45) is 0 Å². The highest BCUT2D eigenvalue weighted by molar-refractivity contribution is 6.14. The van der Waals surface area contributed by atoms with Crippen LogP contribution in [0.2, 0.25) is 0 Å². The van der Waals surface area contributed by atoms with Crippen molar-refractivity contribution >= 4 is 21.5 Å². The molecule has 0 saturated heterocycles. The van der Waals surface area contributed by atoms with E-state index < -0.39 is 0 Å². The summed E-state index contributed by atoms with van der Waals surface area (Å²) in [6.45, 7) is 0. The van der Waals surface area contributed by atoms with Gasteiger partial charge in [-0.1, -0.05) is 42.5 Å². The van der Waals surface area contributed by atoms with Gasteiger partial charge in [-0.2, -0.15) is 0 Å². The highest BCUT2D eigenvalue weighted by Crippen LogP contribution is 2.39. The van der Waals surface area contributed by atoms with Gasteiger partial charge < -0.3 is 0 Å². The summed E-state index contributed by atoms with van der Waals surface area (Å²) in [5, 5.41) is 5.43. The van der Waals surface area contributed by atoms with E-state index in [0.29, 0.717) is 0 Å². The molecule has 0 unspecified atom stereocenters. The van der Waals surface area contributed by atoms with Crippen molar-refractivity contribution in [2.75, 3.05) is 0 Å².